The van der Waals surface area contributed by atoms with Gasteiger partial charge in [-0.3, -0.25) is 0 Å². The molecule has 0 amide bonds. The summed E-state index contributed by atoms with van der Waals surface area (Å²) in [6, 6.07) is 7.50. The van der Waals surface area contributed by atoms with Crippen molar-refractivity contribution in [3.05, 3.63) is 47.5 Å². The molecule has 0 saturated heterocycles. The van der Waals surface area contributed by atoms with Gasteiger partial charge in [0.15, 0.2) is 0 Å². The number of anilines is 2. The van der Waals surface area contributed by atoms with Crippen molar-refractivity contribution in [2.75, 3.05) is 11.1 Å². The van der Waals surface area contributed by atoms with Crippen molar-refractivity contribution in [2.24, 2.45) is 0 Å². The second kappa shape index (κ2) is 5.71. The maximum atomic E-state index is 5.94. The Kier molecular flexibility index (Phi) is 3.61. The summed E-state index contributed by atoms with van der Waals surface area (Å²) in [5.74, 6) is 0.755. The third kappa shape index (κ3) is 3.23. The maximum Gasteiger partial charge on any atom is 0.258 e. The van der Waals surface area contributed by atoms with E-state index in [1.54, 1.807) is 0 Å². The Bertz CT molecular complexity index is 743. The maximum absolute atomic E-state index is 5.94. The Balaban J connectivity index is 1.79. The smallest absolute Gasteiger partial charge is 0.258 e. The molecule has 9 heteroatoms. The predicted octanol–water partition coefficient (Wildman–Crippen LogP) is 1.30. The molecular weight excluding hydrogens is 292 g/mol. The standard InChI is InChI=1S/C12H11ClN8/c13-9-3-1-2-8(4-9)5-16-11-18-10(14)19-12(20-11)21-7-15-6-17-21/h1-4,6-7H,5H2,(H3,14,16,18,19,20). The summed E-state index contributed by atoms with van der Waals surface area (Å²) in [4.78, 5) is 16.1. The van der Waals surface area contributed by atoms with Crippen LogP contribution in [0.1, 0.15) is 5.56 Å². The fourth-order valence-electron chi connectivity index (χ4n) is 1.70. The summed E-state index contributed by atoms with van der Waals surface area (Å²) in [5.41, 5.74) is 6.68. The van der Waals surface area contributed by atoms with E-state index in [2.05, 4.69) is 30.4 Å². The molecule has 0 aliphatic heterocycles. The van der Waals surface area contributed by atoms with Gasteiger partial charge in [0.1, 0.15) is 12.7 Å². The predicted molar refractivity (Wildman–Crippen MR) is 77.9 cm³/mol. The Labute approximate surface area is 125 Å². The number of halogens is 1. The first-order valence-electron chi connectivity index (χ1n) is 6.05. The minimum absolute atomic E-state index is 0.101. The monoisotopic (exact) mass is 302 g/mol. The summed E-state index contributed by atoms with van der Waals surface area (Å²) < 4.78 is 1.41. The molecule has 0 saturated carbocycles. The highest BCUT2D eigenvalue weighted by Gasteiger charge is 2.06. The van der Waals surface area contributed by atoms with Gasteiger partial charge in [-0.15, -0.1) is 0 Å². The van der Waals surface area contributed by atoms with Gasteiger partial charge in [0.05, 0.1) is 0 Å². The molecule has 3 N–H and O–H groups in total. The molecule has 2 aromatic heterocycles. The van der Waals surface area contributed by atoms with Gasteiger partial charge in [0, 0.05) is 11.6 Å². The van der Waals surface area contributed by atoms with Crippen molar-refractivity contribution in [2.45, 2.75) is 6.54 Å². The summed E-state index contributed by atoms with van der Waals surface area (Å²) >= 11 is 5.94. The first-order chi connectivity index (χ1) is 10.2. The van der Waals surface area contributed by atoms with Crippen LogP contribution < -0.4 is 11.1 Å². The number of benzene rings is 1. The fraction of sp³-hybridized carbons (Fsp3) is 0.0833. The van der Waals surface area contributed by atoms with E-state index in [1.807, 2.05) is 24.3 Å². The molecule has 106 valence electrons. The van der Waals surface area contributed by atoms with Gasteiger partial charge in [-0.05, 0) is 17.7 Å². The summed E-state index contributed by atoms with van der Waals surface area (Å²) in [6.07, 6.45) is 2.87. The number of rotatable bonds is 4. The zero-order chi connectivity index (χ0) is 14.7. The first-order valence-corrected chi connectivity index (χ1v) is 6.43. The molecule has 2 heterocycles. The molecule has 0 aliphatic rings. The lowest BCUT2D eigenvalue weighted by atomic mass is 10.2. The van der Waals surface area contributed by atoms with Crippen LogP contribution in [0.2, 0.25) is 5.02 Å². The van der Waals surface area contributed by atoms with Crippen molar-refractivity contribution in [1.29, 1.82) is 0 Å². The van der Waals surface area contributed by atoms with Gasteiger partial charge >= 0.3 is 0 Å². The van der Waals surface area contributed by atoms with E-state index in [1.165, 1.54) is 17.3 Å². The van der Waals surface area contributed by atoms with Gasteiger partial charge in [0.25, 0.3) is 5.95 Å². The summed E-state index contributed by atoms with van der Waals surface area (Å²) in [5, 5.41) is 7.69. The average molecular weight is 303 g/mol. The molecular formula is C12H11ClN8. The van der Waals surface area contributed by atoms with Gasteiger partial charge in [0.2, 0.25) is 11.9 Å². The Morgan fingerprint density at radius 2 is 2.14 bits per heavy atom. The topological polar surface area (TPSA) is 107 Å². The Morgan fingerprint density at radius 3 is 2.90 bits per heavy atom. The number of nitrogens with zero attached hydrogens (tertiary/aromatic N) is 6. The highest BCUT2D eigenvalue weighted by molar-refractivity contribution is 6.30. The largest absolute Gasteiger partial charge is 0.368 e. The number of nitrogens with one attached hydrogen (secondary N) is 1. The lowest BCUT2D eigenvalue weighted by molar-refractivity contribution is 0.797. The zero-order valence-corrected chi connectivity index (χ0v) is 11.6. The van der Waals surface area contributed by atoms with Gasteiger partial charge in [-0.1, -0.05) is 23.7 Å². The zero-order valence-electron chi connectivity index (χ0n) is 10.8. The van der Waals surface area contributed by atoms with Crippen LogP contribution in [0.15, 0.2) is 36.9 Å². The van der Waals surface area contributed by atoms with Crippen LogP contribution in [0.5, 0.6) is 0 Å². The van der Waals surface area contributed by atoms with E-state index in [4.69, 9.17) is 17.3 Å². The number of nitrogen functional groups attached to an aromatic ring is 1. The van der Waals surface area contributed by atoms with Gasteiger partial charge in [-0.25, -0.2) is 4.98 Å². The molecule has 0 atom stereocenters. The van der Waals surface area contributed by atoms with Crippen LogP contribution in [-0.4, -0.2) is 29.7 Å². The number of hydrogen-bond donors (Lipinski definition) is 2. The molecule has 3 rings (SSSR count). The molecule has 0 radical (unpaired) electrons. The number of hydrogen-bond acceptors (Lipinski definition) is 7. The highest BCUT2D eigenvalue weighted by atomic mass is 35.5. The molecule has 0 unspecified atom stereocenters. The number of nitrogens with two attached hydrogens (primary N) is 1. The van der Waals surface area contributed by atoms with Crippen LogP contribution in [0.4, 0.5) is 11.9 Å². The van der Waals surface area contributed by atoms with E-state index in [0.29, 0.717) is 23.5 Å². The molecule has 8 nitrogen and oxygen atoms in total. The molecule has 0 aliphatic carbocycles. The SMILES string of the molecule is Nc1nc(NCc2cccc(Cl)c2)nc(-n2cncn2)n1. The third-order valence-corrected chi connectivity index (χ3v) is 2.84. The summed E-state index contributed by atoms with van der Waals surface area (Å²) in [6.45, 7) is 0.515. The van der Waals surface area contributed by atoms with Crippen LogP contribution in [0.3, 0.4) is 0 Å². The van der Waals surface area contributed by atoms with Crippen molar-refractivity contribution in [3.8, 4) is 5.95 Å². The molecule has 1 aromatic carbocycles. The van der Waals surface area contributed by atoms with Crippen molar-refractivity contribution >= 4 is 23.5 Å². The summed E-state index contributed by atoms with van der Waals surface area (Å²) in [7, 11) is 0. The lowest BCUT2D eigenvalue weighted by Crippen LogP contribution is -2.11. The van der Waals surface area contributed by atoms with E-state index < -0.39 is 0 Å². The third-order valence-electron chi connectivity index (χ3n) is 2.60. The molecule has 0 fully saturated rings. The van der Waals surface area contributed by atoms with Crippen molar-refractivity contribution < 1.29 is 0 Å². The molecule has 3 aromatic rings. The minimum Gasteiger partial charge on any atom is -0.368 e. The van der Waals surface area contributed by atoms with Gasteiger partial charge < -0.3 is 11.1 Å². The van der Waals surface area contributed by atoms with Crippen LogP contribution >= 0.6 is 11.6 Å². The molecule has 21 heavy (non-hydrogen) atoms. The van der Waals surface area contributed by atoms with E-state index in [0.717, 1.165) is 5.56 Å². The molecule has 0 bridgehead atoms. The first kappa shape index (κ1) is 13.3. The normalized spacial score (nSPS) is 10.5. The van der Waals surface area contributed by atoms with E-state index in [9.17, 15) is 0 Å². The fourth-order valence-corrected chi connectivity index (χ4v) is 1.91. The average Bonchev–Trinajstić information content (AvgIpc) is 2.99. The van der Waals surface area contributed by atoms with Crippen molar-refractivity contribution in [3.63, 3.8) is 0 Å². The van der Waals surface area contributed by atoms with Crippen LogP contribution in [-0.2, 0) is 6.54 Å². The minimum atomic E-state index is 0.101. The Hall–Kier alpha value is -2.74. The van der Waals surface area contributed by atoms with Gasteiger partial charge in [-0.2, -0.15) is 24.7 Å². The van der Waals surface area contributed by atoms with E-state index in [-0.39, 0.29) is 5.95 Å². The van der Waals surface area contributed by atoms with E-state index >= 15 is 0 Å². The number of aromatic nitrogens is 6. The lowest BCUT2D eigenvalue weighted by Gasteiger charge is -2.07. The second-order valence-electron chi connectivity index (χ2n) is 4.14. The second-order valence-corrected chi connectivity index (χ2v) is 4.58. The van der Waals surface area contributed by atoms with Crippen LogP contribution in [0.25, 0.3) is 5.95 Å². The highest BCUT2D eigenvalue weighted by Crippen LogP contribution is 2.12. The van der Waals surface area contributed by atoms with Crippen molar-refractivity contribution in [1.82, 2.24) is 29.7 Å². The quantitative estimate of drug-likeness (QED) is 0.748. The molecule has 0 spiro atoms. The van der Waals surface area contributed by atoms with Crippen LogP contribution in [0, 0.1) is 0 Å². The Morgan fingerprint density at radius 1 is 1.24 bits per heavy atom.